The SMILES string of the molecule is O=C1CCC(NC2COCc3ccccc32)CN1. The molecular weight excluding hydrogens is 228 g/mol. The van der Waals surface area contributed by atoms with Crippen molar-refractivity contribution in [1.82, 2.24) is 10.6 Å². The summed E-state index contributed by atoms with van der Waals surface area (Å²) in [5.74, 6) is 0.161. The van der Waals surface area contributed by atoms with E-state index in [2.05, 4.69) is 28.8 Å². The van der Waals surface area contributed by atoms with Gasteiger partial charge in [-0.25, -0.2) is 0 Å². The lowest BCUT2D eigenvalue weighted by atomic mass is 9.97. The number of ether oxygens (including phenoxy) is 1. The summed E-state index contributed by atoms with van der Waals surface area (Å²) in [6, 6.07) is 8.99. The van der Waals surface area contributed by atoms with Crippen LogP contribution < -0.4 is 10.6 Å². The summed E-state index contributed by atoms with van der Waals surface area (Å²) in [5, 5.41) is 6.50. The van der Waals surface area contributed by atoms with Crippen LogP contribution in [-0.2, 0) is 16.1 Å². The van der Waals surface area contributed by atoms with Gasteiger partial charge in [0, 0.05) is 19.0 Å². The molecule has 0 aliphatic carbocycles. The highest BCUT2D eigenvalue weighted by atomic mass is 16.5. The number of hydrogen-bond acceptors (Lipinski definition) is 3. The van der Waals surface area contributed by atoms with E-state index in [1.165, 1.54) is 11.1 Å². The Morgan fingerprint density at radius 2 is 2.22 bits per heavy atom. The van der Waals surface area contributed by atoms with Gasteiger partial charge in [-0.2, -0.15) is 0 Å². The van der Waals surface area contributed by atoms with E-state index in [-0.39, 0.29) is 11.9 Å². The van der Waals surface area contributed by atoms with Crippen LogP contribution in [0.5, 0.6) is 0 Å². The van der Waals surface area contributed by atoms with Crippen molar-refractivity contribution in [1.29, 1.82) is 0 Å². The Bertz CT molecular complexity index is 437. The first-order valence-electron chi connectivity index (χ1n) is 6.51. The third-order valence-corrected chi connectivity index (χ3v) is 3.67. The predicted octanol–water partition coefficient (Wildman–Crippen LogP) is 1.13. The molecule has 2 N–H and O–H groups in total. The van der Waals surface area contributed by atoms with Gasteiger partial charge in [0.05, 0.1) is 19.3 Å². The molecule has 4 heteroatoms. The van der Waals surface area contributed by atoms with Gasteiger partial charge < -0.3 is 15.4 Å². The van der Waals surface area contributed by atoms with Gasteiger partial charge in [-0.3, -0.25) is 4.79 Å². The fourth-order valence-electron chi connectivity index (χ4n) is 2.68. The smallest absolute Gasteiger partial charge is 0.220 e. The summed E-state index contributed by atoms with van der Waals surface area (Å²) >= 11 is 0. The van der Waals surface area contributed by atoms with E-state index in [1.807, 2.05) is 6.07 Å². The first-order chi connectivity index (χ1) is 8.83. The van der Waals surface area contributed by atoms with Crippen LogP contribution in [0.2, 0.25) is 0 Å². The molecule has 0 spiro atoms. The number of piperidine rings is 1. The van der Waals surface area contributed by atoms with Gasteiger partial charge in [0.15, 0.2) is 0 Å². The van der Waals surface area contributed by atoms with Gasteiger partial charge in [-0.1, -0.05) is 24.3 Å². The number of amides is 1. The molecule has 1 saturated heterocycles. The molecule has 18 heavy (non-hydrogen) atoms. The van der Waals surface area contributed by atoms with Crippen molar-refractivity contribution in [2.45, 2.75) is 31.5 Å². The van der Waals surface area contributed by atoms with E-state index in [4.69, 9.17) is 4.74 Å². The van der Waals surface area contributed by atoms with Gasteiger partial charge in [-0.05, 0) is 17.5 Å². The van der Waals surface area contributed by atoms with Gasteiger partial charge >= 0.3 is 0 Å². The highest BCUT2D eigenvalue weighted by Crippen LogP contribution is 2.25. The summed E-state index contributed by atoms with van der Waals surface area (Å²) < 4.78 is 5.62. The predicted molar refractivity (Wildman–Crippen MR) is 68.0 cm³/mol. The highest BCUT2D eigenvalue weighted by molar-refractivity contribution is 5.76. The second kappa shape index (κ2) is 5.08. The van der Waals surface area contributed by atoms with Crippen molar-refractivity contribution < 1.29 is 9.53 Å². The van der Waals surface area contributed by atoms with Crippen LogP contribution in [0.3, 0.4) is 0 Å². The molecule has 1 fully saturated rings. The highest BCUT2D eigenvalue weighted by Gasteiger charge is 2.25. The molecule has 2 atom stereocenters. The van der Waals surface area contributed by atoms with Crippen molar-refractivity contribution in [3.63, 3.8) is 0 Å². The van der Waals surface area contributed by atoms with Gasteiger partial charge in [-0.15, -0.1) is 0 Å². The van der Waals surface area contributed by atoms with Crippen LogP contribution in [0.25, 0.3) is 0 Å². The van der Waals surface area contributed by atoms with Crippen LogP contribution in [0.15, 0.2) is 24.3 Å². The number of carbonyl (C=O) groups excluding carboxylic acids is 1. The second-order valence-electron chi connectivity index (χ2n) is 4.97. The van der Waals surface area contributed by atoms with Crippen LogP contribution >= 0.6 is 0 Å². The quantitative estimate of drug-likeness (QED) is 0.822. The first kappa shape index (κ1) is 11.7. The summed E-state index contributed by atoms with van der Waals surface area (Å²) in [6.07, 6.45) is 1.53. The fourth-order valence-corrected chi connectivity index (χ4v) is 2.68. The minimum Gasteiger partial charge on any atom is -0.375 e. The average molecular weight is 246 g/mol. The van der Waals surface area contributed by atoms with E-state index < -0.39 is 0 Å². The van der Waals surface area contributed by atoms with E-state index in [0.29, 0.717) is 25.7 Å². The Morgan fingerprint density at radius 3 is 3.06 bits per heavy atom. The van der Waals surface area contributed by atoms with E-state index >= 15 is 0 Å². The maximum Gasteiger partial charge on any atom is 0.220 e. The Balaban J connectivity index is 1.69. The standard InChI is InChI=1S/C14H18N2O2/c17-14-6-5-11(7-15-14)16-13-9-18-8-10-3-1-2-4-12(10)13/h1-4,11,13,16H,5-9H2,(H,15,17). The first-order valence-corrected chi connectivity index (χ1v) is 6.51. The number of fused-ring (bicyclic) bond motifs is 1. The summed E-state index contributed by atoms with van der Waals surface area (Å²) in [7, 11) is 0. The molecule has 0 bridgehead atoms. The molecule has 0 radical (unpaired) electrons. The minimum atomic E-state index is 0.161. The van der Waals surface area contributed by atoms with Gasteiger partial charge in [0.2, 0.25) is 5.91 Å². The molecule has 2 unspecified atom stereocenters. The molecule has 96 valence electrons. The number of rotatable bonds is 2. The van der Waals surface area contributed by atoms with Crippen molar-refractivity contribution in [3.05, 3.63) is 35.4 Å². The molecule has 0 saturated carbocycles. The van der Waals surface area contributed by atoms with Crippen molar-refractivity contribution in [2.75, 3.05) is 13.2 Å². The number of nitrogens with one attached hydrogen (secondary N) is 2. The second-order valence-corrected chi connectivity index (χ2v) is 4.97. The lowest BCUT2D eigenvalue weighted by Gasteiger charge is -2.32. The number of carbonyl (C=O) groups is 1. The summed E-state index contributed by atoms with van der Waals surface area (Å²) in [5.41, 5.74) is 2.60. The fraction of sp³-hybridized carbons (Fsp3) is 0.500. The molecule has 0 aromatic heterocycles. The van der Waals surface area contributed by atoms with E-state index in [0.717, 1.165) is 13.0 Å². The zero-order valence-electron chi connectivity index (χ0n) is 10.3. The molecule has 1 aromatic rings. The van der Waals surface area contributed by atoms with Crippen molar-refractivity contribution in [2.24, 2.45) is 0 Å². The van der Waals surface area contributed by atoms with E-state index in [9.17, 15) is 4.79 Å². The third-order valence-electron chi connectivity index (χ3n) is 3.67. The van der Waals surface area contributed by atoms with Crippen LogP contribution in [0, 0.1) is 0 Å². The monoisotopic (exact) mass is 246 g/mol. The lowest BCUT2D eigenvalue weighted by molar-refractivity contribution is -0.122. The van der Waals surface area contributed by atoms with Gasteiger partial charge in [0.1, 0.15) is 0 Å². The largest absolute Gasteiger partial charge is 0.375 e. The normalized spacial score (nSPS) is 27.4. The Labute approximate surface area is 107 Å². The van der Waals surface area contributed by atoms with Gasteiger partial charge in [0.25, 0.3) is 0 Å². The number of benzene rings is 1. The molecule has 2 aliphatic rings. The maximum atomic E-state index is 11.1. The summed E-state index contributed by atoms with van der Waals surface area (Å²) in [4.78, 5) is 11.1. The lowest BCUT2D eigenvalue weighted by Crippen LogP contribution is -2.48. The topological polar surface area (TPSA) is 50.4 Å². The summed E-state index contributed by atoms with van der Waals surface area (Å²) in [6.45, 7) is 2.13. The van der Waals surface area contributed by atoms with Crippen molar-refractivity contribution >= 4 is 5.91 Å². The van der Waals surface area contributed by atoms with Crippen LogP contribution in [0.4, 0.5) is 0 Å². The zero-order chi connectivity index (χ0) is 12.4. The van der Waals surface area contributed by atoms with E-state index in [1.54, 1.807) is 0 Å². The molecule has 2 aliphatic heterocycles. The zero-order valence-corrected chi connectivity index (χ0v) is 10.3. The molecule has 1 amide bonds. The Kier molecular flexibility index (Phi) is 3.30. The molecule has 1 aromatic carbocycles. The molecular formula is C14H18N2O2. The minimum absolute atomic E-state index is 0.161. The Morgan fingerprint density at radius 1 is 1.33 bits per heavy atom. The molecule has 2 heterocycles. The maximum absolute atomic E-state index is 11.1. The van der Waals surface area contributed by atoms with Crippen LogP contribution in [-0.4, -0.2) is 25.1 Å². The average Bonchev–Trinajstić information content (AvgIpc) is 2.42. The van der Waals surface area contributed by atoms with Crippen molar-refractivity contribution in [3.8, 4) is 0 Å². The molecule has 3 rings (SSSR count). The van der Waals surface area contributed by atoms with Crippen LogP contribution in [0.1, 0.15) is 30.0 Å². The third kappa shape index (κ3) is 2.40. The Hall–Kier alpha value is -1.39. The number of hydrogen-bond donors (Lipinski definition) is 2. The molecule has 4 nitrogen and oxygen atoms in total.